The van der Waals surface area contributed by atoms with Gasteiger partial charge in [-0.3, -0.25) is 0 Å². The van der Waals surface area contributed by atoms with Crippen molar-refractivity contribution in [2.45, 2.75) is 24.6 Å². The van der Waals surface area contributed by atoms with Gasteiger partial charge < -0.3 is 15.4 Å². The molecule has 4 rings (SSSR count). The third-order valence-corrected chi connectivity index (χ3v) is 6.66. The summed E-state index contributed by atoms with van der Waals surface area (Å²) >= 11 is 3.82. The number of aromatic hydroxyl groups is 1. The van der Waals surface area contributed by atoms with Crippen molar-refractivity contribution in [3.63, 3.8) is 0 Å². The Morgan fingerprint density at radius 2 is 2.24 bits per heavy atom. The van der Waals surface area contributed by atoms with Crippen LogP contribution >= 0.6 is 23.1 Å². The zero-order valence-corrected chi connectivity index (χ0v) is 15.6. The van der Waals surface area contributed by atoms with E-state index in [1.807, 2.05) is 29.2 Å². The summed E-state index contributed by atoms with van der Waals surface area (Å²) in [5.41, 5.74) is 3.83. The maximum Gasteiger partial charge on any atom is 0.117 e. The lowest BCUT2D eigenvalue weighted by Crippen LogP contribution is -2.33. The summed E-state index contributed by atoms with van der Waals surface area (Å²) < 4.78 is 0. The molecule has 130 valence electrons. The van der Waals surface area contributed by atoms with E-state index < -0.39 is 0 Å². The average Bonchev–Trinajstić information content (AvgIpc) is 3.29. The lowest BCUT2D eigenvalue weighted by Gasteiger charge is -2.23. The van der Waals surface area contributed by atoms with Gasteiger partial charge in [0, 0.05) is 46.4 Å². The molecule has 3 heterocycles. The second-order valence-corrected chi connectivity index (χ2v) is 8.45. The highest BCUT2D eigenvalue weighted by Crippen LogP contribution is 2.29. The Kier molecular flexibility index (Phi) is 5.15. The Labute approximate surface area is 156 Å². The van der Waals surface area contributed by atoms with Gasteiger partial charge in [0.05, 0.1) is 0 Å². The topological polar surface area (TPSA) is 48.0 Å². The van der Waals surface area contributed by atoms with E-state index in [0.717, 1.165) is 30.0 Å². The van der Waals surface area contributed by atoms with E-state index >= 15 is 0 Å². The molecule has 0 spiro atoms. The molecule has 0 saturated heterocycles. The number of phenols is 1. The van der Waals surface area contributed by atoms with E-state index in [2.05, 4.69) is 40.1 Å². The van der Waals surface area contributed by atoms with Crippen molar-refractivity contribution in [2.75, 3.05) is 12.3 Å². The van der Waals surface area contributed by atoms with Gasteiger partial charge in [-0.15, -0.1) is 11.3 Å². The number of rotatable bonds is 6. The van der Waals surface area contributed by atoms with Crippen molar-refractivity contribution in [2.24, 2.45) is 0 Å². The van der Waals surface area contributed by atoms with Crippen molar-refractivity contribution < 1.29 is 5.11 Å². The summed E-state index contributed by atoms with van der Waals surface area (Å²) in [6, 6.07) is 10.5. The van der Waals surface area contributed by atoms with Crippen molar-refractivity contribution in [3.05, 3.63) is 58.4 Å². The van der Waals surface area contributed by atoms with Gasteiger partial charge in [-0.1, -0.05) is 12.1 Å². The van der Waals surface area contributed by atoms with Crippen LogP contribution < -0.4 is 5.32 Å². The first-order chi connectivity index (χ1) is 12.3. The van der Waals surface area contributed by atoms with Gasteiger partial charge in [-0.2, -0.15) is 11.8 Å². The van der Waals surface area contributed by atoms with Crippen LogP contribution in [0.5, 0.6) is 5.75 Å². The number of benzene rings is 1. The molecule has 25 heavy (non-hydrogen) atoms. The van der Waals surface area contributed by atoms with Crippen LogP contribution in [0.2, 0.25) is 0 Å². The molecule has 1 aliphatic rings. The van der Waals surface area contributed by atoms with Crippen molar-refractivity contribution in [3.8, 4) is 5.75 Å². The fraction of sp³-hybridized carbons (Fsp3) is 0.300. The van der Waals surface area contributed by atoms with E-state index in [1.54, 1.807) is 12.1 Å². The molecule has 3 N–H and O–H groups in total. The number of fused-ring (bicyclic) bond motifs is 1. The molecule has 1 aromatic carbocycles. The number of thioether (sulfide) groups is 1. The first kappa shape index (κ1) is 16.8. The summed E-state index contributed by atoms with van der Waals surface area (Å²) in [5.74, 6) is 2.47. The molecule has 0 radical (unpaired) electrons. The standard InChI is InChI=1S/C20H22N2OS2/c23-17-3-4-18-15(12-22-19(18)11-17)13-24-9-6-16-10-14(5-7-21-16)20-2-1-8-25-20/h1-5,8,11-12,16,21-23H,6-7,9-10,13H2. The summed E-state index contributed by atoms with van der Waals surface area (Å²) in [5, 5.41) is 16.5. The van der Waals surface area contributed by atoms with Crippen LogP contribution in [0.3, 0.4) is 0 Å². The first-order valence-corrected chi connectivity index (χ1v) is 10.7. The van der Waals surface area contributed by atoms with Gasteiger partial charge in [0.1, 0.15) is 5.75 Å². The van der Waals surface area contributed by atoms with Crippen LogP contribution in [0, 0.1) is 0 Å². The molecular weight excluding hydrogens is 348 g/mol. The minimum absolute atomic E-state index is 0.312. The minimum atomic E-state index is 0.312. The predicted molar refractivity (Wildman–Crippen MR) is 109 cm³/mol. The highest BCUT2D eigenvalue weighted by Gasteiger charge is 2.16. The average molecular weight is 371 g/mol. The Morgan fingerprint density at radius 1 is 1.28 bits per heavy atom. The van der Waals surface area contributed by atoms with Crippen molar-refractivity contribution in [1.29, 1.82) is 0 Å². The highest BCUT2D eigenvalue weighted by molar-refractivity contribution is 7.98. The van der Waals surface area contributed by atoms with Crippen LogP contribution in [0.25, 0.3) is 16.5 Å². The van der Waals surface area contributed by atoms with Gasteiger partial charge in [0.25, 0.3) is 0 Å². The molecule has 3 aromatic rings. The molecular formula is C20H22N2OS2. The Hall–Kier alpha value is -1.69. The normalized spacial score (nSPS) is 17.8. The molecule has 0 saturated carbocycles. The van der Waals surface area contributed by atoms with E-state index in [4.69, 9.17) is 0 Å². The zero-order valence-electron chi connectivity index (χ0n) is 14.0. The van der Waals surface area contributed by atoms with Gasteiger partial charge in [0.15, 0.2) is 0 Å². The fourth-order valence-electron chi connectivity index (χ4n) is 3.34. The summed E-state index contributed by atoms with van der Waals surface area (Å²) in [6.07, 6.45) is 6.72. The van der Waals surface area contributed by atoms with Crippen molar-refractivity contribution in [1.82, 2.24) is 10.3 Å². The first-order valence-electron chi connectivity index (χ1n) is 8.62. The number of aromatic nitrogens is 1. The van der Waals surface area contributed by atoms with Crippen LogP contribution in [0.4, 0.5) is 0 Å². The van der Waals surface area contributed by atoms with Gasteiger partial charge in [-0.25, -0.2) is 0 Å². The quantitative estimate of drug-likeness (QED) is 0.535. The van der Waals surface area contributed by atoms with Crippen LogP contribution in [0.15, 0.2) is 48.0 Å². The van der Waals surface area contributed by atoms with E-state index in [-0.39, 0.29) is 0 Å². The molecule has 0 amide bonds. The maximum atomic E-state index is 9.55. The van der Waals surface area contributed by atoms with Crippen LogP contribution in [-0.4, -0.2) is 28.4 Å². The second-order valence-electron chi connectivity index (χ2n) is 6.40. The van der Waals surface area contributed by atoms with E-state index in [0.29, 0.717) is 11.8 Å². The van der Waals surface area contributed by atoms with Gasteiger partial charge >= 0.3 is 0 Å². The van der Waals surface area contributed by atoms with Crippen LogP contribution in [-0.2, 0) is 5.75 Å². The summed E-state index contributed by atoms with van der Waals surface area (Å²) in [7, 11) is 0. The number of hydrogen-bond acceptors (Lipinski definition) is 4. The molecule has 0 bridgehead atoms. The highest BCUT2D eigenvalue weighted by atomic mass is 32.2. The zero-order chi connectivity index (χ0) is 17.1. The number of hydrogen-bond donors (Lipinski definition) is 3. The number of nitrogens with one attached hydrogen (secondary N) is 2. The molecule has 3 nitrogen and oxygen atoms in total. The molecule has 5 heteroatoms. The third-order valence-electron chi connectivity index (χ3n) is 4.68. The minimum Gasteiger partial charge on any atom is -0.508 e. The van der Waals surface area contributed by atoms with E-state index in [9.17, 15) is 5.11 Å². The van der Waals surface area contributed by atoms with E-state index in [1.165, 1.54) is 27.8 Å². The Morgan fingerprint density at radius 3 is 3.12 bits per heavy atom. The summed E-state index contributed by atoms with van der Waals surface area (Å²) in [4.78, 5) is 4.67. The summed E-state index contributed by atoms with van der Waals surface area (Å²) in [6.45, 7) is 0.981. The monoisotopic (exact) mass is 370 g/mol. The Bertz CT molecular complexity index is 867. The number of phenolic OH excluding ortho intramolecular Hbond substituents is 1. The molecule has 0 fully saturated rings. The van der Waals surface area contributed by atoms with Crippen molar-refractivity contribution >= 4 is 39.6 Å². The molecule has 1 atom stereocenters. The molecule has 2 aromatic heterocycles. The van der Waals surface area contributed by atoms with Gasteiger partial charge in [0.2, 0.25) is 0 Å². The largest absolute Gasteiger partial charge is 0.508 e. The molecule has 1 aliphatic heterocycles. The molecule has 1 unspecified atom stereocenters. The number of aromatic amines is 1. The molecule has 0 aliphatic carbocycles. The number of thiophene rings is 1. The van der Waals surface area contributed by atoms with Crippen LogP contribution in [0.1, 0.15) is 23.3 Å². The lowest BCUT2D eigenvalue weighted by molar-refractivity contribution is 0.476. The lowest BCUT2D eigenvalue weighted by atomic mass is 9.99. The number of H-pyrrole nitrogens is 1. The van der Waals surface area contributed by atoms with Gasteiger partial charge in [-0.05, 0) is 53.3 Å². The maximum absolute atomic E-state index is 9.55. The predicted octanol–water partition coefficient (Wildman–Crippen LogP) is 5.00. The Balaban J connectivity index is 1.27. The smallest absolute Gasteiger partial charge is 0.117 e. The third kappa shape index (κ3) is 3.94. The fourth-order valence-corrected chi connectivity index (χ4v) is 5.17. The SMILES string of the molecule is Oc1ccc2c(CSCCC3CC(c4cccs4)=CCN3)c[nH]c2c1. The second kappa shape index (κ2) is 7.68.